The van der Waals surface area contributed by atoms with Gasteiger partial charge < -0.3 is 0 Å². The Hall–Kier alpha value is -1.29. The van der Waals surface area contributed by atoms with Crippen LogP contribution in [0.5, 0.6) is 0 Å². The normalized spacial score (nSPS) is 12.5. The summed E-state index contributed by atoms with van der Waals surface area (Å²) in [5.41, 5.74) is 2.43. The number of thioether (sulfide) groups is 1. The summed E-state index contributed by atoms with van der Waals surface area (Å²) in [4.78, 5) is 1.36. The van der Waals surface area contributed by atoms with Gasteiger partial charge in [-0.1, -0.05) is 26.0 Å². The minimum atomic E-state index is 0.523. The van der Waals surface area contributed by atoms with Gasteiger partial charge in [0.25, 0.3) is 0 Å². The Labute approximate surface area is 119 Å². The molecule has 1 heterocycles. The molecule has 19 heavy (non-hydrogen) atoms. The number of aromatic amines is 1. The van der Waals surface area contributed by atoms with Gasteiger partial charge in [-0.05, 0) is 48.6 Å². The molecule has 102 valence electrons. The highest BCUT2D eigenvalue weighted by Gasteiger charge is 2.11. The fourth-order valence-electron chi connectivity index (χ4n) is 2.13. The van der Waals surface area contributed by atoms with Crippen LogP contribution in [0.1, 0.15) is 43.9 Å². The van der Waals surface area contributed by atoms with Crippen molar-refractivity contribution in [3.63, 3.8) is 0 Å². The van der Waals surface area contributed by atoms with E-state index >= 15 is 0 Å². The third-order valence-corrected chi connectivity index (χ3v) is 4.46. The topological polar surface area (TPSA) is 41.6 Å². The number of benzene rings is 1. The van der Waals surface area contributed by atoms with E-state index < -0.39 is 0 Å². The fraction of sp³-hybridized carbons (Fsp3) is 0.467. The van der Waals surface area contributed by atoms with E-state index in [1.54, 1.807) is 0 Å². The molecule has 1 unspecified atom stereocenters. The molecule has 2 rings (SSSR count). The van der Waals surface area contributed by atoms with E-state index in [1.807, 2.05) is 18.0 Å². The zero-order chi connectivity index (χ0) is 13.5. The summed E-state index contributed by atoms with van der Waals surface area (Å²) in [6.07, 6.45) is 5.10. The third-order valence-electron chi connectivity index (χ3n) is 3.24. The molecule has 0 aliphatic rings. The largest absolute Gasteiger partial charge is 0.198 e. The Balaban J connectivity index is 2.02. The van der Waals surface area contributed by atoms with Crippen LogP contribution in [0, 0.1) is 0 Å². The summed E-state index contributed by atoms with van der Waals surface area (Å²) >= 11 is 1.93. The number of aromatic nitrogens is 3. The Morgan fingerprint density at radius 1 is 1.21 bits per heavy atom. The van der Waals surface area contributed by atoms with Gasteiger partial charge in [0.1, 0.15) is 0 Å². The van der Waals surface area contributed by atoms with Crippen LogP contribution in [-0.2, 0) is 6.42 Å². The van der Waals surface area contributed by atoms with E-state index in [0.29, 0.717) is 5.92 Å². The highest BCUT2D eigenvalue weighted by atomic mass is 32.2. The monoisotopic (exact) mass is 275 g/mol. The first-order valence-corrected chi connectivity index (χ1v) is 7.89. The fourth-order valence-corrected chi connectivity index (χ4v) is 2.90. The van der Waals surface area contributed by atoms with E-state index in [0.717, 1.165) is 18.5 Å². The van der Waals surface area contributed by atoms with Crippen LogP contribution < -0.4 is 0 Å². The molecule has 1 aromatic carbocycles. The van der Waals surface area contributed by atoms with Gasteiger partial charge in [-0.3, -0.25) is 0 Å². The van der Waals surface area contributed by atoms with Crippen molar-refractivity contribution in [2.24, 2.45) is 0 Å². The molecule has 3 nitrogen and oxygen atoms in total. The second-order valence-electron chi connectivity index (χ2n) is 4.69. The average molecular weight is 275 g/mol. The standard InChI is InChI=1S/C15H21N3S/c1-3-9-19-15-7-5-13(6-8-15)12(4-2)10-14-11-16-18-17-14/h5-8,11-12H,3-4,9-10H2,1-2H3,(H,16,17,18). The van der Waals surface area contributed by atoms with Crippen molar-refractivity contribution in [3.05, 3.63) is 41.7 Å². The maximum Gasteiger partial charge on any atom is 0.0830 e. The lowest BCUT2D eigenvalue weighted by Crippen LogP contribution is -2.02. The number of H-pyrrole nitrogens is 1. The summed E-state index contributed by atoms with van der Waals surface area (Å²) in [6.45, 7) is 4.44. The number of nitrogens with one attached hydrogen (secondary N) is 1. The smallest absolute Gasteiger partial charge is 0.0830 e. The molecule has 0 radical (unpaired) electrons. The van der Waals surface area contributed by atoms with Gasteiger partial charge in [-0.2, -0.15) is 15.4 Å². The first-order valence-electron chi connectivity index (χ1n) is 6.90. The SMILES string of the molecule is CCCSc1ccc(C(CC)Cc2cn[nH]n2)cc1. The van der Waals surface area contributed by atoms with Crippen molar-refractivity contribution >= 4 is 11.8 Å². The van der Waals surface area contributed by atoms with Gasteiger partial charge in [0, 0.05) is 4.90 Å². The van der Waals surface area contributed by atoms with E-state index in [-0.39, 0.29) is 0 Å². The summed E-state index contributed by atoms with van der Waals surface area (Å²) in [5, 5.41) is 10.7. The molecule has 0 saturated heterocycles. The molecule has 0 bridgehead atoms. The van der Waals surface area contributed by atoms with Crippen molar-refractivity contribution in [2.75, 3.05) is 5.75 Å². The number of hydrogen-bond acceptors (Lipinski definition) is 3. The van der Waals surface area contributed by atoms with Gasteiger partial charge in [0.2, 0.25) is 0 Å². The van der Waals surface area contributed by atoms with Gasteiger partial charge >= 0.3 is 0 Å². The second-order valence-corrected chi connectivity index (χ2v) is 5.86. The summed E-state index contributed by atoms with van der Waals surface area (Å²) in [7, 11) is 0. The van der Waals surface area contributed by atoms with Crippen molar-refractivity contribution in [2.45, 2.75) is 43.9 Å². The molecule has 0 fully saturated rings. The minimum Gasteiger partial charge on any atom is -0.198 e. The van der Waals surface area contributed by atoms with E-state index in [4.69, 9.17) is 0 Å². The molecule has 0 aliphatic carbocycles. The molecule has 1 N–H and O–H groups in total. The Kier molecular flexibility index (Phi) is 5.45. The lowest BCUT2D eigenvalue weighted by molar-refractivity contribution is 0.647. The van der Waals surface area contributed by atoms with Crippen LogP contribution in [0.15, 0.2) is 35.4 Å². The highest BCUT2D eigenvalue weighted by molar-refractivity contribution is 7.99. The number of hydrogen-bond donors (Lipinski definition) is 1. The Morgan fingerprint density at radius 3 is 2.58 bits per heavy atom. The van der Waals surface area contributed by atoms with Crippen LogP contribution >= 0.6 is 11.8 Å². The zero-order valence-electron chi connectivity index (χ0n) is 11.6. The van der Waals surface area contributed by atoms with E-state index in [1.165, 1.54) is 22.6 Å². The molecule has 0 spiro atoms. The molecule has 2 aromatic rings. The lowest BCUT2D eigenvalue weighted by atomic mass is 9.92. The number of nitrogens with zero attached hydrogens (tertiary/aromatic N) is 2. The van der Waals surface area contributed by atoms with E-state index in [2.05, 4.69) is 53.5 Å². The quantitative estimate of drug-likeness (QED) is 0.775. The Bertz CT molecular complexity index is 465. The molecule has 1 atom stereocenters. The summed E-state index contributed by atoms with van der Waals surface area (Å²) < 4.78 is 0. The third kappa shape index (κ3) is 4.10. The average Bonchev–Trinajstić information content (AvgIpc) is 2.96. The van der Waals surface area contributed by atoms with Gasteiger partial charge in [0.05, 0.1) is 11.9 Å². The minimum absolute atomic E-state index is 0.523. The highest BCUT2D eigenvalue weighted by Crippen LogP contribution is 2.26. The molecular weight excluding hydrogens is 254 g/mol. The Morgan fingerprint density at radius 2 is 2.00 bits per heavy atom. The molecule has 4 heteroatoms. The molecular formula is C15H21N3S. The first-order chi connectivity index (χ1) is 9.33. The summed E-state index contributed by atoms with van der Waals surface area (Å²) in [5.74, 6) is 1.71. The van der Waals surface area contributed by atoms with Crippen LogP contribution in [0.3, 0.4) is 0 Å². The molecule has 1 aromatic heterocycles. The predicted octanol–water partition coefficient (Wildman–Crippen LogP) is 4.04. The molecule has 0 amide bonds. The van der Waals surface area contributed by atoms with Crippen LogP contribution in [-0.4, -0.2) is 21.2 Å². The van der Waals surface area contributed by atoms with Crippen LogP contribution in [0.2, 0.25) is 0 Å². The van der Waals surface area contributed by atoms with Crippen molar-refractivity contribution in [1.82, 2.24) is 15.4 Å². The van der Waals surface area contributed by atoms with Crippen molar-refractivity contribution in [1.29, 1.82) is 0 Å². The summed E-state index contributed by atoms with van der Waals surface area (Å²) in [6, 6.07) is 8.99. The van der Waals surface area contributed by atoms with Gasteiger partial charge in [-0.15, -0.1) is 11.8 Å². The molecule has 0 saturated carbocycles. The first kappa shape index (κ1) is 14.1. The maximum absolute atomic E-state index is 4.15. The number of rotatable bonds is 7. The van der Waals surface area contributed by atoms with Crippen molar-refractivity contribution in [3.8, 4) is 0 Å². The zero-order valence-corrected chi connectivity index (χ0v) is 12.4. The maximum atomic E-state index is 4.15. The van der Waals surface area contributed by atoms with Gasteiger partial charge in [0.15, 0.2) is 0 Å². The second kappa shape index (κ2) is 7.34. The van der Waals surface area contributed by atoms with Crippen LogP contribution in [0.25, 0.3) is 0 Å². The molecule has 0 aliphatic heterocycles. The van der Waals surface area contributed by atoms with Crippen molar-refractivity contribution < 1.29 is 0 Å². The van der Waals surface area contributed by atoms with Gasteiger partial charge in [-0.25, -0.2) is 0 Å². The predicted molar refractivity (Wildman–Crippen MR) is 80.6 cm³/mol. The van der Waals surface area contributed by atoms with E-state index in [9.17, 15) is 0 Å². The lowest BCUT2D eigenvalue weighted by Gasteiger charge is -2.14. The van der Waals surface area contributed by atoms with Crippen LogP contribution in [0.4, 0.5) is 0 Å².